The lowest BCUT2D eigenvalue weighted by atomic mass is 9.77. The van der Waals surface area contributed by atoms with Gasteiger partial charge in [0.1, 0.15) is 29.9 Å². The average molecular weight is 645 g/mol. The van der Waals surface area contributed by atoms with E-state index in [0.717, 1.165) is 16.7 Å². The summed E-state index contributed by atoms with van der Waals surface area (Å²) in [7, 11) is 0. The Morgan fingerprint density at radius 3 is 1.41 bits per heavy atom. The summed E-state index contributed by atoms with van der Waals surface area (Å²) in [5, 5.41) is 11.3. The minimum absolute atomic E-state index is 0.134. The van der Waals surface area contributed by atoms with E-state index in [2.05, 4.69) is 48.5 Å². The van der Waals surface area contributed by atoms with Gasteiger partial charge in [0.2, 0.25) is 0 Å². The van der Waals surface area contributed by atoms with Crippen molar-refractivity contribution >= 4 is 11.8 Å². The number of hydrogen-bond acceptors (Lipinski definition) is 6. The molecule has 248 valence electrons. The minimum atomic E-state index is -0.517. The SMILES string of the molecule is OC[C@H]1O[C@H](SC(C2CCCCC2)C2CCCCC2)[C@H](OCc2ccccc2)[C@@H](OCc2ccccc2)[C@@H]1OCc1ccccc1. The van der Waals surface area contributed by atoms with Crippen molar-refractivity contribution in [1.82, 2.24) is 0 Å². The number of rotatable bonds is 14. The zero-order valence-electron chi connectivity index (χ0n) is 27.2. The summed E-state index contributed by atoms with van der Waals surface area (Å²) in [6.45, 7) is 1.17. The molecule has 3 aromatic carbocycles. The molecule has 6 rings (SSSR count). The molecule has 0 radical (unpaired) electrons. The molecule has 6 heteroatoms. The Morgan fingerprint density at radius 1 is 0.565 bits per heavy atom. The number of hydrogen-bond donors (Lipinski definition) is 1. The Morgan fingerprint density at radius 2 is 0.978 bits per heavy atom. The highest BCUT2D eigenvalue weighted by Crippen LogP contribution is 2.46. The van der Waals surface area contributed by atoms with Crippen molar-refractivity contribution in [1.29, 1.82) is 0 Å². The monoisotopic (exact) mass is 644 g/mol. The van der Waals surface area contributed by atoms with Crippen molar-refractivity contribution in [2.24, 2.45) is 11.8 Å². The normalized spacial score (nSPS) is 26.3. The molecular formula is C40H52O5S. The summed E-state index contributed by atoms with van der Waals surface area (Å²) in [5.74, 6) is 1.40. The Hall–Kier alpha value is -2.19. The van der Waals surface area contributed by atoms with Crippen LogP contribution in [-0.2, 0) is 38.8 Å². The fraction of sp³-hybridized carbons (Fsp3) is 0.550. The van der Waals surface area contributed by atoms with Gasteiger partial charge in [0.05, 0.1) is 26.4 Å². The van der Waals surface area contributed by atoms with Crippen molar-refractivity contribution in [3.63, 3.8) is 0 Å². The second-order valence-electron chi connectivity index (χ2n) is 13.4. The van der Waals surface area contributed by atoms with Gasteiger partial charge in [0, 0.05) is 5.25 Å². The van der Waals surface area contributed by atoms with E-state index < -0.39 is 18.3 Å². The number of thioether (sulfide) groups is 1. The molecule has 2 aliphatic carbocycles. The molecule has 2 saturated carbocycles. The van der Waals surface area contributed by atoms with Gasteiger partial charge in [-0.05, 0) is 54.2 Å². The number of ether oxygens (including phenoxy) is 4. The van der Waals surface area contributed by atoms with Gasteiger partial charge in [-0.25, -0.2) is 0 Å². The number of aliphatic hydroxyl groups excluding tert-OH is 1. The first-order chi connectivity index (χ1) is 22.8. The summed E-state index contributed by atoms with van der Waals surface area (Å²) in [6.07, 6.45) is 11.4. The maximum absolute atomic E-state index is 10.8. The highest BCUT2D eigenvalue weighted by atomic mass is 32.2. The van der Waals surface area contributed by atoms with Crippen LogP contribution in [-0.4, -0.2) is 46.8 Å². The molecule has 1 N–H and O–H groups in total. The molecule has 0 bridgehead atoms. The Kier molecular flexibility index (Phi) is 13.1. The molecule has 3 aromatic rings. The first-order valence-corrected chi connectivity index (χ1v) is 18.6. The van der Waals surface area contributed by atoms with Crippen LogP contribution in [0.1, 0.15) is 80.9 Å². The van der Waals surface area contributed by atoms with Gasteiger partial charge in [-0.15, -0.1) is 11.8 Å². The van der Waals surface area contributed by atoms with E-state index in [1.54, 1.807) is 0 Å². The Bertz CT molecular complexity index is 1230. The Labute approximate surface area is 280 Å². The van der Waals surface area contributed by atoms with Gasteiger partial charge in [0.15, 0.2) is 0 Å². The molecule has 1 heterocycles. The number of benzene rings is 3. The van der Waals surface area contributed by atoms with Crippen molar-refractivity contribution in [3.8, 4) is 0 Å². The second-order valence-corrected chi connectivity index (χ2v) is 14.7. The highest BCUT2D eigenvalue weighted by Gasteiger charge is 2.50. The van der Waals surface area contributed by atoms with Crippen molar-refractivity contribution in [3.05, 3.63) is 108 Å². The van der Waals surface area contributed by atoms with Gasteiger partial charge >= 0.3 is 0 Å². The molecule has 1 aliphatic heterocycles. The summed E-state index contributed by atoms with van der Waals surface area (Å²) < 4.78 is 27.3. The lowest BCUT2D eigenvalue weighted by Gasteiger charge is -2.48. The predicted molar refractivity (Wildman–Crippen MR) is 185 cm³/mol. The minimum Gasteiger partial charge on any atom is -0.394 e. The largest absolute Gasteiger partial charge is 0.394 e. The summed E-state index contributed by atoms with van der Waals surface area (Å²) in [4.78, 5) is 0. The van der Waals surface area contributed by atoms with Crippen LogP contribution < -0.4 is 0 Å². The lowest BCUT2D eigenvalue weighted by Crippen LogP contribution is -2.60. The molecule has 46 heavy (non-hydrogen) atoms. The summed E-state index contributed by atoms with van der Waals surface area (Å²) in [5.41, 5.74) is 3.03. The van der Waals surface area contributed by atoms with Gasteiger partial charge in [-0.2, -0.15) is 0 Å². The highest BCUT2D eigenvalue weighted by molar-refractivity contribution is 8.00. The quantitative estimate of drug-likeness (QED) is 0.189. The van der Waals surface area contributed by atoms with E-state index in [-0.39, 0.29) is 18.1 Å². The molecule has 1 saturated heterocycles. The molecule has 3 fully saturated rings. The first-order valence-electron chi connectivity index (χ1n) is 17.7. The third-order valence-corrected chi connectivity index (χ3v) is 11.9. The van der Waals surface area contributed by atoms with Gasteiger partial charge < -0.3 is 24.1 Å². The molecule has 5 atom stereocenters. The molecule has 3 aliphatic rings. The van der Waals surface area contributed by atoms with Crippen LogP contribution in [0.2, 0.25) is 0 Å². The van der Waals surface area contributed by atoms with Crippen LogP contribution in [0.5, 0.6) is 0 Å². The molecular weight excluding hydrogens is 593 g/mol. The van der Waals surface area contributed by atoms with Crippen LogP contribution in [0.3, 0.4) is 0 Å². The zero-order valence-corrected chi connectivity index (χ0v) is 28.0. The Balaban J connectivity index is 1.31. The fourth-order valence-corrected chi connectivity index (χ4v) is 9.58. The summed E-state index contributed by atoms with van der Waals surface area (Å²) >= 11 is 1.99. The van der Waals surface area contributed by atoms with Crippen LogP contribution >= 0.6 is 11.8 Å². The molecule has 0 unspecified atom stereocenters. The standard InChI is InChI=1S/C40H52O5S/c41-26-35-36(42-27-30-16-6-1-7-17-30)37(43-28-31-18-8-2-9-19-31)38(44-29-32-20-10-3-11-21-32)40(45-35)46-39(33-22-12-4-13-23-33)34-24-14-5-15-25-34/h1-3,6-11,16-21,33-41H,4-5,12-15,22-29H2/t35-,36-,37+,38-,40-/m1/s1. The van der Waals surface area contributed by atoms with E-state index in [4.69, 9.17) is 18.9 Å². The van der Waals surface area contributed by atoms with E-state index >= 15 is 0 Å². The van der Waals surface area contributed by atoms with Gasteiger partial charge in [0.25, 0.3) is 0 Å². The van der Waals surface area contributed by atoms with E-state index in [1.165, 1.54) is 64.2 Å². The lowest BCUT2D eigenvalue weighted by molar-refractivity contribution is -0.252. The van der Waals surface area contributed by atoms with Crippen molar-refractivity contribution < 1.29 is 24.1 Å². The topological polar surface area (TPSA) is 57.2 Å². The van der Waals surface area contributed by atoms with Crippen LogP contribution in [0.15, 0.2) is 91.0 Å². The van der Waals surface area contributed by atoms with Crippen LogP contribution in [0, 0.1) is 11.8 Å². The third-order valence-electron chi connectivity index (χ3n) is 10.1. The van der Waals surface area contributed by atoms with Gasteiger partial charge in [-0.1, -0.05) is 130 Å². The second kappa shape index (κ2) is 17.8. The summed E-state index contributed by atoms with van der Waals surface area (Å²) in [6, 6.07) is 30.9. The van der Waals surface area contributed by atoms with E-state index in [9.17, 15) is 5.11 Å². The zero-order chi connectivity index (χ0) is 31.4. The smallest absolute Gasteiger partial charge is 0.133 e. The van der Waals surface area contributed by atoms with Crippen molar-refractivity contribution in [2.75, 3.05) is 6.61 Å². The fourth-order valence-electron chi connectivity index (χ4n) is 7.69. The molecule has 0 amide bonds. The predicted octanol–water partition coefficient (Wildman–Crippen LogP) is 8.72. The third kappa shape index (κ3) is 9.24. The van der Waals surface area contributed by atoms with E-state index in [0.29, 0.717) is 36.9 Å². The van der Waals surface area contributed by atoms with Gasteiger partial charge in [-0.3, -0.25) is 0 Å². The molecule has 0 aromatic heterocycles. The molecule has 5 nitrogen and oxygen atoms in total. The van der Waals surface area contributed by atoms with Crippen molar-refractivity contribution in [2.45, 2.75) is 119 Å². The molecule has 0 spiro atoms. The maximum Gasteiger partial charge on any atom is 0.133 e. The van der Waals surface area contributed by atoms with Crippen LogP contribution in [0.25, 0.3) is 0 Å². The average Bonchev–Trinajstić information content (AvgIpc) is 3.13. The first kappa shape index (κ1) is 33.7. The van der Waals surface area contributed by atoms with E-state index in [1.807, 2.05) is 54.2 Å². The number of aliphatic hydroxyl groups is 1. The maximum atomic E-state index is 10.8. The van der Waals surface area contributed by atoms with Crippen LogP contribution in [0.4, 0.5) is 0 Å².